The number of hydrogen-bond acceptors (Lipinski definition) is 4. The topological polar surface area (TPSA) is 66.0 Å². The summed E-state index contributed by atoms with van der Waals surface area (Å²) in [5.41, 5.74) is -1.48. The lowest BCUT2D eigenvalue weighted by Crippen LogP contribution is -2.08. The molecule has 0 fully saturated rings. The van der Waals surface area contributed by atoms with Gasteiger partial charge in [-0.05, 0) is 30.3 Å². The number of alkyl halides is 3. The fourth-order valence-corrected chi connectivity index (χ4v) is 1.86. The Morgan fingerprint density at radius 3 is 2.13 bits per heavy atom. The van der Waals surface area contributed by atoms with Gasteiger partial charge in [0.1, 0.15) is 23.3 Å². The van der Waals surface area contributed by atoms with Crippen molar-refractivity contribution in [1.29, 1.82) is 10.5 Å². The second kappa shape index (κ2) is 6.29. The van der Waals surface area contributed by atoms with Gasteiger partial charge >= 0.3 is 6.18 Å². The van der Waals surface area contributed by atoms with Crippen LogP contribution in [0, 0.1) is 22.7 Å². The second-order valence-electron chi connectivity index (χ2n) is 4.39. The molecule has 0 aliphatic rings. The number of nitriles is 2. The summed E-state index contributed by atoms with van der Waals surface area (Å²) in [6, 6.07) is 10.7. The molecule has 0 N–H and O–H groups in total. The van der Waals surface area contributed by atoms with Crippen molar-refractivity contribution >= 4 is 0 Å². The lowest BCUT2D eigenvalue weighted by atomic mass is 10.1. The molecule has 0 aromatic heterocycles. The molecule has 2 rings (SSSR count). The molecule has 2 aromatic rings. The standard InChI is InChI=1S/C16H9F3N2O2/c1-22-12-4-5-15(11(6-12)9-21)23-13-3-2-10(8-20)14(7-13)16(17,18)19/h2-7H,1H3. The van der Waals surface area contributed by atoms with Crippen LogP contribution in [0.5, 0.6) is 17.2 Å². The fraction of sp³-hybridized carbons (Fsp3) is 0.125. The normalized spacial score (nSPS) is 10.5. The Morgan fingerprint density at radius 1 is 0.913 bits per heavy atom. The van der Waals surface area contributed by atoms with Crippen molar-refractivity contribution in [1.82, 2.24) is 0 Å². The first-order chi connectivity index (χ1) is 10.9. The Labute approximate surface area is 129 Å². The molecule has 0 saturated heterocycles. The summed E-state index contributed by atoms with van der Waals surface area (Å²) in [6.07, 6.45) is -4.68. The quantitative estimate of drug-likeness (QED) is 0.848. The summed E-state index contributed by atoms with van der Waals surface area (Å²) in [4.78, 5) is 0. The van der Waals surface area contributed by atoms with Gasteiger partial charge in [-0.1, -0.05) is 0 Å². The number of benzene rings is 2. The van der Waals surface area contributed by atoms with Crippen LogP contribution >= 0.6 is 0 Å². The van der Waals surface area contributed by atoms with Crippen molar-refractivity contribution < 1.29 is 22.6 Å². The Morgan fingerprint density at radius 2 is 1.57 bits per heavy atom. The highest BCUT2D eigenvalue weighted by Gasteiger charge is 2.34. The van der Waals surface area contributed by atoms with Crippen LogP contribution in [-0.4, -0.2) is 7.11 Å². The summed E-state index contributed by atoms with van der Waals surface area (Å²) < 4.78 is 49.1. The van der Waals surface area contributed by atoms with Crippen LogP contribution < -0.4 is 9.47 Å². The molecule has 7 heteroatoms. The van der Waals surface area contributed by atoms with Crippen molar-refractivity contribution in [2.75, 3.05) is 7.11 Å². The van der Waals surface area contributed by atoms with Crippen LogP contribution in [0.2, 0.25) is 0 Å². The highest BCUT2D eigenvalue weighted by molar-refractivity contribution is 5.51. The molecule has 2 aromatic carbocycles. The van der Waals surface area contributed by atoms with Gasteiger partial charge in [0.05, 0.1) is 29.9 Å². The van der Waals surface area contributed by atoms with Gasteiger partial charge in [0.25, 0.3) is 0 Å². The number of rotatable bonds is 3. The third kappa shape index (κ3) is 3.53. The van der Waals surface area contributed by atoms with E-state index in [2.05, 4.69) is 0 Å². The summed E-state index contributed by atoms with van der Waals surface area (Å²) in [6.45, 7) is 0. The highest BCUT2D eigenvalue weighted by Crippen LogP contribution is 2.36. The lowest BCUT2D eigenvalue weighted by molar-refractivity contribution is -0.137. The molecular formula is C16H9F3N2O2. The van der Waals surface area contributed by atoms with Crippen LogP contribution in [0.15, 0.2) is 36.4 Å². The zero-order valence-electron chi connectivity index (χ0n) is 11.8. The van der Waals surface area contributed by atoms with Crippen LogP contribution in [0.3, 0.4) is 0 Å². The van der Waals surface area contributed by atoms with E-state index in [-0.39, 0.29) is 17.1 Å². The van der Waals surface area contributed by atoms with Crippen molar-refractivity contribution in [3.8, 4) is 29.4 Å². The average Bonchev–Trinajstić information content (AvgIpc) is 2.54. The summed E-state index contributed by atoms with van der Waals surface area (Å²) in [5, 5.41) is 17.8. The first kappa shape index (κ1) is 16.2. The highest BCUT2D eigenvalue weighted by atomic mass is 19.4. The zero-order chi connectivity index (χ0) is 17.0. The maximum Gasteiger partial charge on any atom is 0.417 e. The van der Waals surface area contributed by atoms with E-state index >= 15 is 0 Å². The average molecular weight is 318 g/mol. The predicted octanol–water partition coefficient (Wildman–Crippen LogP) is 4.25. The Kier molecular flexibility index (Phi) is 4.42. The minimum Gasteiger partial charge on any atom is -0.497 e. The molecule has 0 bridgehead atoms. The van der Waals surface area contributed by atoms with E-state index < -0.39 is 17.3 Å². The molecule has 0 unspecified atom stereocenters. The minimum absolute atomic E-state index is 0.0890. The molecule has 0 aliphatic heterocycles. The number of hydrogen-bond donors (Lipinski definition) is 0. The van der Waals surface area contributed by atoms with Gasteiger partial charge in [0.2, 0.25) is 0 Å². The first-order valence-corrected chi connectivity index (χ1v) is 6.26. The van der Waals surface area contributed by atoms with Crippen molar-refractivity contribution in [2.24, 2.45) is 0 Å². The van der Waals surface area contributed by atoms with E-state index in [0.717, 1.165) is 12.1 Å². The zero-order valence-corrected chi connectivity index (χ0v) is 11.8. The van der Waals surface area contributed by atoms with E-state index in [1.165, 1.54) is 37.4 Å². The van der Waals surface area contributed by atoms with Gasteiger partial charge in [0.15, 0.2) is 0 Å². The van der Waals surface area contributed by atoms with Gasteiger partial charge in [-0.15, -0.1) is 0 Å². The van der Waals surface area contributed by atoms with Gasteiger partial charge in [-0.25, -0.2) is 0 Å². The van der Waals surface area contributed by atoms with Gasteiger partial charge in [-0.3, -0.25) is 0 Å². The Balaban J connectivity index is 2.42. The molecular weight excluding hydrogens is 309 g/mol. The molecule has 4 nitrogen and oxygen atoms in total. The largest absolute Gasteiger partial charge is 0.497 e. The summed E-state index contributed by atoms with van der Waals surface area (Å²) >= 11 is 0. The summed E-state index contributed by atoms with van der Waals surface area (Å²) in [7, 11) is 1.42. The van der Waals surface area contributed by atoms with Crippen LogP contribution in [0.25, 0.3) is 0 Å². The minimum atomic E-state index is -4.68. The lowest BCUT2D eigenvalue weighted by Gasteiger charge is -2.12. The maximum absolute atomic E-state index is 12.9. The number of methoxy groups -OCH3 is 1. The summed E-state index contributed by atoms with van der Waals surface area (Å²) in [5.74, 6) is 0.383. The molecule has 23 heavy (non-hydrogen) atoms. The smallest absolute Gasteiger partial charge is 0.417 e. The maximum atomic E-state index is 12.9. The van der Waals surface area contributed by atoms with Crippen LogP contribution in [-0.2, 0) is 6.18 Å². The first-order valence-electron chi connectivity index (χ1n) is 6.26. The molecule has 0 spiro atoms. The fourth-order valence-electron chi connectivity index (χ4n) is 1.86. The van der Waals surface area contributed by atoms with Gasteiger partial charge in [-0.2, -0.15) is 23.7 Å². The van der Waals surface area contributed by atoms with Crippen LogP contribution in [0.1, 0.15) is 16.7 Å². The molecule has 0 radical (unpaired) electrons. The predicted molar refractivity (Wildman–Crippen MR) is 73.9 cm³/mol. The third-order valence-corrected chi connectivity index (χ3v) is 2.95. The molecule has 0 saturated carbocycles. The number of nitrogens with zero attached hydrogens (tertiary/aromatic N) is 2. The monoisotopic (exact) mass is 318 g/mol. The van der Waals surface area contributed by atoms with Crippen molar-refractivity contribution in [2.45, 2.75) is 6.18 Å². The molecule has 0 amide bonds. The second-order valence-corrected chi connectivity index (χ2v) is 4.39. The molecule has 0 aliphatic carbocycles. The number of ether oxygens (including phenoxy) is 2. The molecule has 0 heterocycles. The van der Waals surface area contributed by atoms with E-state index in [4.69, 9.17) is 20.0 Å². The van der Waals surface area contributed by atoms with Gasteiger partial charge in [0, 0.05) is 6.07 Å². The molecule has 0 atom stereocenters. The van der Waals surface area contributed by atoms with E-state index in [0.29, 0.717) is 5.75 Å². The van der Waals surface area contributed by atoms with Crippen LogP contribution in [0.4, 0.5) is 13.2 Å². The Bertz CT molecular complexity index is 818. The number of halogens is 3. The van der Waals surface area contributed by atoms with E-state index in [1.54, 1.807) is 0 Å². The van der Waals surface area contributed by atoms with E-state index in [1.807, 2.05) is 6.07 Å². The SMILES string of the molecule is COc1ccc(Oc2ccc(C#N)c(C(F)(F)F)c2)c(C#N)c1. The van der Waals surface area contributed by atoms with Gasteiger partial charge < -0.3 is 9.47 Å². The third-order valence-electron chi connectivity index (χ3n) is 2.95. The van der Waals surface area contributed by atoms with Crippen molar-refractivity contribution in [3.63, 3.8) is 0 Å². The Hall–Kier alpha value is -3.19. The van der Waals surface area contributed by atoms with Crippen molar-refractivity contribution in [3.05, 3.63) is 53.1 Å². The van der Waals surface area contributed by atoms with E-state index in [9.17, 15) is 13.2 Å². The molecule has 116 valence electrons.